The van der Waals surface area contributed by atoms with Crippen molar-refractivity contribution in [3.05, 3.63) is 79.1 Å². The highest BCUT2D eigenvalue weighted by atomic mass is 16.5. The van der Waals surface area contributed by atoms with Crippen molar-refractivity contribution in [2.45, 2.75) is 25.5 Å². The Kier molecular flexibility index (Phi) is 8.07. The van der Waals surface area contributed by atoms with Crippen LogP contribution in [-0.2, 0) is 11.4 Å². The standard InChI is InChI=1S/C32H37N5O3/c1-6-31(38)34-27-17-23(30(39-5)19-29(27)36(4)16-15-35(2)3)21-40-32-18-22(13-14-33-32)26-20-37(24-11-12-24)28-10-8-7-9-25(26)28/h6-10,13-14,17-20,24H,1,11-12,15-16,21H2,2-5H3,(H,34,38). The second-order valence-corrected chi connectivity index (χ2v) is 10.5. The first kappa shape index (κ1) is 27.3. The molecular formula is C32H37N5O3. The van der Waals surface area contributed by atoms with Crippen molar-refractivity contribution in [2.24, 2.45) is 0 Å². The van der Waals surface area contributed by atoms with Crippen LogP contribution in [0.5, 0.6) is 11.6 Å². The Morgan fingerprint density at radius 1 is 1.15 bits per heavy atom. The molecule has 0 atom stereocenters. The molecule has 4 aromatic rings. The normalized spacial score (nSPS) is 12.9. The minimum Gasteiger partial charge on any atom is -0.496 e. The number of carbonyl (C=O) groups is 1. The van der Waals surface area contributed by atoms with Crippen LogP contribution in [0.3, 0.4) is 0 Å². The number of aromatic nitrogens is 2. The Morgan fingerprint density at radius 3 is 2.67 bits per heavy atom. The van der Waals surface area contributed by atoms with Gasteiger partial charge in [0.25, 0.3) is 0 Å². The van der Waals surface area contributed by atoms with E-state index >= 15 is 0 Å². The molecule has 1 aliphatic rings. The maximum absolute atomic E-state index is 12.3. The molecule has 0 unspecified atom stereocenters. The average molecular weight is 540 g/mol. The van der Waals surface area contributed by atoms with E-state index in [0.717, 1.165) is 29.9 Å². The van der Waals surface area contributed by atoms with Crippen molar-refractivity contribution >= 4 is 28.2 Å². The number of carbonyl (C=O) groups excluding carboxylic acids is 1. The Labute approximate surface area is 235 Å². The van der Waals surface area contributed by atoms with Crippen LogP contribution in [0.1, 0.15) is 24.4 Å². The van der Waals surface area contributed by atoms with Gasteiger partial charge in [-0.1, -0.05) is 24.8 Å². The number of fused-ring (bicyclic) bond motifs is 1. The van der Waals surface area contributed by atoms with E-state index in [1.165, 1.54) is 35.4 Å². The van der Waals surface area contributed by atoms with Gasteiger partial charge in [0.15, 0.2) is 0 Å². The topological polar surface area (TPSA) is 71.9 Å². The molecule has 2 aromatic carbocycles. The Morgan fingerprint density at radius 2 is 1.95 bits per heavy atom. The lowest BCUT2D eigenvalue weighted by Gasteiger charge is -2.25. The van der Waals surface area contributed by atoms with E-state index in [1.54, 1.807) is 13.3 Å². The molecule has 1 aliphatic carbocycles. The molecule has 0 radical (unpaired) electrons. The molecule has 1 amide bonds. The fraction of sp³-hybridized carbons (Fsp3) is 0.312. The molecular weight excluding hydrogens is 502 g/mol. The number of pyridine rings is 1. The second kappa shape index (κ2) is 11.8. The first-order valence-electron chi connectivity index (χ1n) is 13.6. The van der Waals surface area contributed by atoms with Crippen molar-refractivity contribution in [3.8, 4) is 22.8 Å². The quantitative estimate of drug-likeness (QED) is 0.231. The summed E-state index contributed by atoms with van der Waals surface area (Å²) in [5.41, 5.74) is 5.80. The first-order valence-corrected chi connectivity index (χ1v) is 13.6. The van der Waals surface area contributed by atoms with Gasteiger partial charge in [0.2, 0.25) is 11.8 Å². The number of para-hydroxylation sites is 1. The molecule has 2 aromatic heterocycles. The average Bonchev–Trinajstić information content (AvgIpc) is 3.74. The number of methoxy groups -OCH3 is 1. The Balaban J connectivity index is 1.41. The summed E-state index contributed by atoms with van der Waals surface area (Å²) in [5.74, 6) is 0.914. The molecule has 8 nitrogen and oxygen atoms in total. The smallest absolute Gasteiger partial charge is 0.247 e. The zero-order chi connectivity index (χ0) is 28.2. The van der Waals surface area contributed by atoms with Gasteiger partial charge in [-0.15, -0.1) is 0 Å². The third-order valence-electron chi connectivity index (χ3n) is 7.24. The number of rotatable bonds is 12. The number of nitrogens with one attached hydrogen (secondary N) is 1. The molecule has 1 saturated carbocycles. The maximum Gasteiger partial charge on any atom is 0.247 e. The fourth-order valence-electron chi connectivity index (χ4n) is 4.88. The number of benzene rings is 2. The van der Waals surface area contributed by atoms with Gasteiger partial charge in [-0.25, -0.2) is 4.98 Å². The fourth-order valence-corrected chi connectivity index (χ4v) is 4.88. The third-order valence-corrected chi connectivity index (χ3v) is 7.24. The van der Waals surface area contributed by atoms with E-state index in [9.17, 15) is 4.79 Å². The SMILES string of the molecule is C=CC(=O)Nc1cc(COc2cc(-c3cn(C4CC4)c4ccccc34)ccn2)c(OC)cc1N(C)CCN(C)C. The third kappa shape index (κ3) is 5.97. The number of nitrogens with zero attached hydrogens (tertiary/aromatic N) is 4. The van der Waals surface area contributed by atoms with Crippen LogP contribution in [0.15, 0.2) is 73.6 Å². The number of hydrogen-bond acceptors (Lipinski definition) is 6. The van der Waals surface area contributed by atoms with Crippen molar-refractivity contribution in [1.29, 1.82) is 0 Å². The summed E-state index contributed by atoms with van der Waals surface area (Å²) in [6.07, 6.45) is 7.75. The van der Waals surface area contributed by atoms with Crippen LogP contribution in [0, 0.1) is 0 Å². The number of ether oxygens (including phenoxy) is 2. The largest absolute Gasteiger partial charge is 0.496 e. The summed E-state index contributed by atoms with van der Waals surface area (Å²) in [5, 5.41) is 4.17. The van der Waals surface area contributed by atoms with Crippen LogP contribution in [0.25, 0.3) is 22.0 Å². The lowest BCUT2D eigenvalue weighted by Crippen LogP contribution is -2.29. The summed E-state index contributed by atoms with van der Waals surface area (Å²) in [7, 11) is 7.69. The molecule has 2 heterocycles. The van der Waals surface area contributed by atoms with Gasteiger partial charge >= 0.3 is 0 Å². The van der Waals surface area contributed by atoms with E-state index in [4.69, 9.17) is 9.47 Å². The summed E-state index contributed by atoms with van der Waals surface area (Å²) < 4.78 is 14.3. The van der Waals surface area contributed by atoms with E-state index in [1.807, 2.05) is 45.4 Å². The zero-order valence-electron chi connectivity index (χ0n) is 23.7. The molecule has 0 bridgehead atoms. The van der Waals surface area contributed by atoms with Crippen LogP contribution >= 0.6 is 0 Å². The van der Waals surface area contributed by atoms with Crippen LogP contribution in [-0.4, -0.2) is 61.7 Å². The molecule has 208 valence electrons. The Bertz CT molecular complexity index is 1520. The highest BCUT2D eigenvalue weighted by Crippen LogP contribution is 2.41. The van der Waals surface area contributed by atoms with Gasteiger partial charge in [-0.3, -0.25) is 4.79 Å². The van der Waals surface area contributed by atoms with Crippen LogP contribution in [0.2, 0.25) is 0 Å². The summed E-state index contributed by atoms with van der Waals surface area (Å²) in [6, 6.07) is 17.0. The number of amides is 1. The van der Waals surface area contributed by atoms with Gasteiger partial charge in [0, 0.05) is 72.7 Å². The van der Waals surface area contributed by atoms with Crippen molar-refractivity contribution in [2.75, 3.05) is 51.6 Å². The molecule has 1 N–H and O–H groups in total. The van der Waals surface area contributed by atoms with Gasteiger partial charge in [0.05, 0.1) is 18.5 Å². The Hall–Kier alpha value is -4.30. The zero-order valence-corrected chi connectivity index (χ0v) is 23.7. The van der Waals surface area contributed by atoms with Crippen molar-refractivity contribution in [3.63, 3.8) is 0 Å². The van der Waals surface area contributed by atoms with E-state index in [-0.39, 0.29) is 12.5 Å². The molecule has 8 heteroatoms. The molecule has 0 saturated heterocycles. The van der Waals surface area contributed by atoms with Crippen molar-refractivity contribution < 1.29 is 14.3 Å². The van der Waals surface area contributed by atoms with Gasteiger partial charge < -0.3 is 29.2 Å². The minimum atomic E-state index is -0.279. The summed E-state index contributed by atoms with van der Waals surface area (Å²) >= 11 is 0. The highest BCUT2D eigenvalue weighted by Gasteiger charge is 2.26. The monoisotopic (exact) mass is 539 g/mol. The van der Waals surface area contributed by atoms with Gasteiger partial charge in [0.1, 0.15) is 12.4 Å². The molecule has 0 spiro atoms. The van der Waals surface area contributed by atoms with Gasteiger partial charge in [-0.2, -0.15) is 0 Å². The predicted octanol–water partition coefficient (Wildman–Crippen LogP) is 5.75. The summed E-state index contributed by atoms with van der Waals surface area (Å²) in [4.78, 5) is 20.9. The molecule has 5 rings (SSSR count). The van der Waals surface area contributed by atoms with E-state index in [2.05, 4.69) is 61.7 Å². The lowest BCUT2D eigenvalue weighted by atomic mass is 10.1. The first-order chi connectivity index (χ1) is 19.4. The molecule has 40 heavy (non-hydrogen) atoms. The van der Waals surface area contributed by atoms with Crippen LogP contribution in [0.4, 0.5) is 11.4 Å². The highest BCUT2D eigenvalue weighted by molar-refractivity contribution is 6.01. The number of anilines is 2. The molecule has 0 aliphatic heterocycles. The van der Waals surface area contributed by atoms with E-state index in [0.29, 0.717) is 23.4 Å². The van der Waals surface area contributed by atoms with E-state index < -0.39 is 0 Å². The minimum absolute atomic E-state index is 0.224. The van der Waals surface area contributed by atoms with Gasteiger partial charge in [-0.05, 0) is 56.8 Å². The van der Waals surface area contributed by atoms with Crippen molar-refractivity contribution in [1.82, 2.24) is 14.5 Å². The predicted molar refractivity (Wildman–Crippen MR) is 161 cm³/mol. The van der Waals surface area contributed by atoms with Crippen LogP contribution < -0.4 is 19.7 Å². The second-order valence-electron chi connectivity index (χ2n) is 10.5. The summed E-state index contributed by atoms with van der Waals surface area (Å²) in [6.45, 7) is 5.46. The maximum atomic E-state index is 12.3. The number of hydrogen-bond donors (Lipinski definition) is 1. The molecule has 1 fully saturated rings. The number of likely N-dealkylation sites (N-methyl/N-ethyl adjacent to an activating group) is 2. The lowest BCUT2D eigenvalue weighted by molar-refractivity contribution is -0.111.